The van der Waals surface area contributed by atoms with Crippen molar-refractivity contribution in [2.24, 2.45) is 0 Å². The molecule has 1 aromatic rings. The first kappa shape index (κ1) is 10.5. The number of hydrogen-bond acceptors (Lipinski definition) is 3. The number of rotatable bonds is 3. The summed E-state index contributed by atoms with van der Waals surface area (Å²) >= 11 is 0. The molecule has 1 unspecified atom stereocenters. The largest absolute Gasteiger partial charge is 0.452 e. The number of benzene rings is 1. The Hall–Kier alpha value is -1.55. The minimum absolute atomic E-state index is 0.0512. The second-order valence-corrected chi connectivity index (χ2v) is 2.89. The molecule has 0 bridgehead atoms. The molecule has 0 aliphatic carbocycles. The van der Waals surface area contributed by atoms with Gasteiger partial charge in [-0.1, -0.05) is 30.3 Å². The topological polar surface area (TPSA) is 50.4 Å². The molecule has 4 heteroatoms. The molecule has 0 aliphatic heterocycles. The van der Waals surface area contributed by atoms with Gasteiger partial charge in [0, 0.05) is 6.04 Å². The molecule has 0 radical (unpaired) electrons. The molecule has 2 N–H and O–H groups in total. The molecule has 14 heavy (non-hydrogen) atoms. The Bertz CT molecular complexity index is 287. The van der Waals surface area contributed by atoms with Gasteiger partial charge < -0.3 is 4.74 Å². The second kappa shape index (κ2) is 5.24. The maximum Gasteiger partial charge on any atom is 0.421 e. The number of carbonyl (C=O) groups is 1. The predicted octanol–water partition coefficient (Wildman–Crippen LogP) is 1.61. The molecule has 0 spiro atoms. The molecule has 0 fully saturated rings. The number of carbonyl (C=O) groups excluding carboxylic acids is 1. The lowest BCUT2D eigenvalue weighted by molar-refractivity contribution is 0.163. The highest BCUT2D eigenvalue weighted by Gasteiger charge is 2.04. The van der Waals surface area contributed by atoms with Gasteiger partial charge in [0.05, 0.1) is 7.11 Å². The van der Waals surface area contributed by atoms with Crippen LogP contribution in [-0.2, 0) is 4.74 Å². The molecule has 4 nitrogen and oxygen atoms in total. The Kier molecular flexibility index (Phi) is 3.94. The zero-order valence-electron chi connectivity index (χ0n) is 8.28. The highest BCUT2D eigenvalue weighted by molar-refractivity contribution is 5.66. The van der Waals surface area contributed by atoms with Crippen molar-refractivity contribution in [3.05, 3.63) is 35.9 Å². The maximum absolute atomic E-state index is 10.8. The molecule has 0 aliphatic rings. The number of hydrazine groups is 1. The van der Waals surface area contributed by atoms with E-state index in [1.54, 1.807) is 0 Å². The zero-order chi connectivity index (χ0) is 10.4. The van der Waals surface area contributed by atoms with E-state index in [1.165, 1.54) is 7.11 Å². The van der Waals surface area contributed by atoms with E-state index in [4.69, 9.17) is 0 Å². The number of ether oxygens (including phenoxy) is 1. The van der Waals surface area contributed by atoms with Crippen molar-refractivity contribution in [1.82, 2.24) is 10.9 Å². The van der Waals surface area contributed by atoms with Gasteiger partial charge in [0.25, 0.3) is 0 Å². The maximum atomic E-state index is 10.8. The minimum Gasteiger partial charge on any atom is -0.452 e. The van der Waals surface area contributed by atoms with Crippen molar-refractivity contribution >= 4 is 6.09 Å². The van der Waals surface area contributed by atoms with Crippen molar-refractivity contribution < 1.29 is 9.53 Å². The van der Waals surface area contributed by atoms with Crippen molar-refractivity contribution in [2.45, 2.75) is 13.0 Å². The lowest BCUT2D eigenvalue weighted by Gasteiger charge is -2.13. The highest BCUT2D eigenvalue weighted by Crippen LogP contribution is 2.09. The van der Waals surface area contributed by atoms with Gasteiger partial charge in [0.1, 0.15) is 0 Å². The van der Waals surface area contributed by atoms with E-state index in [-0.39, 0.29) is 6.04 Å². The predicted molar refractivity (Wildman–Crippen MR) is 53.5 cm³/mol. The Morgan fingerprint density at radius 2 is 2.00 bits per heavy atom. The third-order valence-corrected chi connectivity index (χ3v) is 1.88. The van der Waals surface area contributed by atoms with Crippen LogP contribution in [0, 0.1) is 0 Å². The molecular weight excluding hydrogens is 180 g/mol. The first-order chi connectivity index (χ1) is 6.74. The second-order valence-electron chi connectivity index (χ2n) is 2.89. The van der Waals surface area contributed by atoms with E-state index < -0.39 is 6.09 Å². The SMILES string of the molecule is COC(=O)NNC(C)c1ccccc1. The van der Waals surface area contributed by atoms with Crippen molar-refractivity contribution in [2.75, 3.05) is 7.11 Å². The Morgan fingerprint density at radius 1 is 1.36 bits per heavy atom. The van der Waals surface area contributed by atoms with Crippen LogP contribution in [0.25, 0.3) is 0 Å². The Morgan fingerprint density at radius 3 is 2.57 bits per heavy atom. The highest BCUT2D eigenvalue weighted by atomic mass is 16.5. The van der Waals surface area contributed by atoms with E-state index in [0.717, 1.165) is 5.56 Å². The van der Waals surface area contributed by atoms with Gasteiger partial charge in [-0.05, 0) is 12.5 Å². The summed E-state index contributed by atoms with van der Waals surface area (Å²) < 4.78 is 4.42. The number of hydrogen-bond donors (Lipinski definition) is 2. The summed E-state index contributed by atoms with van der Waals surface area (Å²) in [5.74, 6) is 0. The molecule has 1 atom stereocenters. The van der Waals surface area contributed by atoms with Crippen LogP contribution in [0.1, 0.15) is 18.5 Å². The van der Waals surface area contributed by atoms with Crippen LogP contribution in [0.15, 0.2) is 30.3 Å². The minimum atomic E-state index is -0.493. The Balaban J connectivity index is 2.43. The Labute approximate surface area is 83.2 Å². The monoisotopic (exact) mass is 194 g/mol. The lowest BCUT2D eigenvalue weighted by atomic mass is 10.1. The molecule has 1 rings (SSSR count). The van der Waals surface area contributed by atoms with Gasteiger partial charge in [0.2, 0.25) is 0 Å². The van der Waals surface area contributed by atoms with E-state index in [2.05, 4.69) is 15.6 Å². The summed E-state index contributed by atoms with van der Waals surface area (Å²) in [7, 11) is 1.32. The van der Waals surface area contributed by atoms with Crippen molar-refractivity contribution in [3.8, 4) is 0 Å². The van der Waals surface area contributed by atoms with E-state index in [9.17, 15) is 4.79 Å². The van der Waals surface area contributed by atoms with Gasteiger partial charge in [-0.2, -0.15) is 0 Å². The molecule has 0 saturated carbocycles. The van der Waals surface area contributed by atoms with E-state index >= 15 is 0 Å². The first-order valence-electron chi connectivity index (χ1n) is 4.38. The fourth-order valence-corrected chi connectivity index (χ4v) is 1.04. The van der Waals surface area contributed by atoms with Crippen LogP contribution in [0.3, 0.4) is 0 Å². The molecule has 1 amide bonds. The van der Waals surface area contributed by atoms with E-state index in [1.807, 2.05) is 37.3 Å². The number of methoxy groups -OCH3 is 1. The number of amides is 1. The molecule has 1 aromatic carbocycles. The van der Waals surface area contributed by atoms with Crippen LogP contribution in [0.5, 0.6) is 0 Å². The molecule has 76 valence electrons. The van der Waals surface area contributed by atoms with Crippen molar-refractivity contribution in [1.29, 1.82) is 0 Å². The zero-order valence-corrected chi connectivity index (χ0v) is 8.28. The summed E-state index contributed by atoms with van der Waals surface area (Å²) in [5.41, 5.74) is 6.35. The van der Waals surface area contributed by atoms with Gasteiger partial charge >= 0.3 is 6.09 Å². The molecule has 0 heterocycles. The van der Waals surface area contributed by atoms with Crippen molar-refractivity contribution in [3.63, 3.8) is 0 Å². The van der Waals surface area contributed by atoms with Crippen LogP contribution < -0.4 is 10.9 Å². The fraction of sp³-hybridized carbons (Fsp3) is 0.300. The molecule has 0 aromatic heterocycles. The van der Waals surface area contributed by atoms with Gasteiger partial charge in [0.15, 0.2) is 0 Å². The van der Waals surface area contributed by atoms with Gasteiger partial charge in [-0.3, -0.25) is 5.43 Å². The third kappa shape index (κ3) is 3.06. The third-order valence-electron chi connectivity index (χ3n) is 1.88. The standard InChI is InChI=1S/C10H14N2O2/c1-8(11-12-10(13)14-2)9-6-4-3-5-7-9/h3-8,11H,1-2H3,(H,12,13). The lowest BCUT2D eigenvalue weighted by Crippen LogP contribution is -2.38. The smallest absolute Gasteiger partial charge is 0.421 e. The number of nitrogens with one attached hydrogen (secondary N) is 2. The van der Waals surface area contributed by atoms with Crippen LogP contribution in [-0.4, -0.2) is 13.2 Å². The molecule has 0 saturated heterocycles. The van der Waals surface area contributed by atoms with E-state index in [0.29, 0.717) is 0 Å². The summed E-state index contributed by atoms with van der Waals surface area (Å²) in [6, 6.07) is 9.87. The summed E-state index contributed by atoms with van der Waals surface area (Å²) in [4.78, 5) is 10.8. The first-order valence-corrected chi connectivity index (χ1v) is 4.38. The van der Waals surface area contributed by atoms with Crippen LogP contribution >= 0.6 is 0 Å². The average Bonchev–Trinajstić information content (AvgIpc) is 2.26. The molecular formula is C10H14N2O2. The van der Waals surface area contributed by atoms with Gasteiger partial charge in [-0.25, -0.2) is 10.2 Å². The van der Waals surface area contributed by atoms with Gasteiger partial charge in [-0.15, -0.1) is 0 Å². The quantitative estimate of drug-likeness (QED) is 0.719. The fourth-order valence-electron chi connectivity index (χ4n) is 1.04. The summed E-state index contributed by atoms with van der Waals surface area (Å²) in [5, 5.41) is 0. The summed E-state index contributed by atoms with van der Waals surface area (Å²) in [6.45, 7) is 1.95. The van der Waals surface area contributed by atoms with Crippen LogP contribution in [0.4, 0.5) is 4.79 Å². The van der Waals surface area contributed by atoms with Crippen LogP contribution in [0.2, 0.25) is 0 Å². The summed E-state index contributed by atoms with van der Waals surface area (Å²) in [6.07, 6.45) is -0.493. The average molecular weight is 194 g/mol. The normalized spacial score (nSPS) is 11.9.